The normalized spacial score (nSPS) is 14.0. The van der Waals surface area contributed by atoms with Crippen molar-refractivity contribution in [1.82, 2.24) is 14.4 Å². The third-order valence-corrected chi connectivity index (χ3v) is 5.64. The summed E-state index contributed by atoms with van der Waals surface area (Å²) in [5, 5.41) is 0. The number of nitrogens with zero attached hydrogens (tertiary/aromatic N) is 3. The number of aryl methyl sites for hydroxylation is 1. The Labute approximate surface area is 177 Å². The van der Waals surface area contributed by atoms with Gasteiger partial charge in [0.2, 0.25) is 5.91 Å². The molecule has 0 N–H and O–H groups in total. The van der Waals surface area contributed by atoms with Crippen molar-refractivity contribution in [3.8, 4) is 5.69 Å². The van der Waals surface area contributed by atoms with Gasteiger partial charge in [-0.3, -0.25) is 9.59 Å². The van der Waals surface area contributed by atoms with E-state index in [2.05, 4.69) is 12.1 Å². The van der Waals surface area contributed by atoms with E-state index >= 15 is 0 Å². The van der Waals surface area contributed by atoms with Crippen LogP contribution in [0.15, 0.2) is 79.1 Å². The van der Waals surface area contributed by atoms with Gasteiger partial charge in [0.05, 0.1) is 0 Å². The number of aromatic nitrogens is 1. The van der Waals surface area contributed by atoms with E-state index in [-0.39, 0.29) is 11.8 Å². The van der Waals surface area contributed by atoms with Crippen molar-refractivity contribution in [2.24, 2.45) is 0 Å². The monoisotopic (exact) mass is 401 g/mol. The lowest BCUT2D eigenvalue weighted by Gasteiger charge is -2.35. The largest absolute Gasteiger partial charge is 0.339 e. The summed E-state index contributed by atoms with van der Waals surface area (Å²) in [4.78, 5) is 29.1. The van der Waals surface area contributed by atoms with Gasteiger partial charge in [0.1, 0.15) is 0 Å². The van der Waals surface area contributed by atoms with Crippen molar-refractivity contribution >= 4 is 11.8 Å². The van der Waals surface area contributed by atoms with Crippen LogP contribution in [0.4, 0.5) is 0 Å². The first-order valence-corrected chi connectivity index (χ1v) is 10.5. The third kappa shape index (κ3) is 4.79. The Morgan fingerprint density at radius 3 is 2.03 bits per heavy atom. The molecule has 5 heteroatoms. The lowest BCUT2D eigenvalue weighted by atomic mass is 10.1. The maximum absolute atomic E-state index is 12.8. The van der Waals surface area contributed by atoms with Crippen LogP contribution in [0.2, 0.25) is 0 Å². The molecular weight excluding hydrogens is 374 g/mol. The van der Waals surface area contributed by atoms with Crippen LogP contribution in [0, 0.1) is 0 Å². The topological polar surface area (TPSA) is 45.6 Å². The van der Waals surface area contributed by atoms with Crippen LogP contribution in [-0.2, 0) is 11.2 Å². The zero-order valence-corrected chi connectivity index (χ0v) is 17.1. The molecule has 1 aromatic heterocycles. The highest BCUT2D eigenvalue weighted by molar-refractivity contribution is 5.94. The van der Waals surface area contributed by atoms with Crippen molar-refractivity contribution in [2.75, 3.05) is 26.2 Å². The Hall–Kier alpha value is -3.34. The summed E-state index contributed by atoms with van der Waals surface area (Å²) >= 11 is 0. The molecule has 0 atom stereocenters. The number of amides is 2. The van der Waals surface area contributed by atoms with Crippen molar-refractivity contribution in [3.05, 3.63) is 90.3 Å². The molecule has 0 saturated carbocycles. The minimum Gasteiger partial charge on any atom is -0.339 e. The lowest BCUT2D eigenvalue weighted by Crippen LogP contribution is -2.50. The van der Waals surface area contributed by atoms with E-state index in [1.807, 2.05) is 81.4 Å². The van der Waals surface area contributed by atoms with Gasteiger partial charge in [-0.05, 0) is 54.8 Å². The highest BCUT2D eigenvalue weighted by Crippen LogP contribution is 2.14. The molecule has 154 valence electrons. The molecule has 0 spiro atoms. The zero-order chi connectivity index (χ0) is 20.8. The smallest absolute Gasteiger partial charge is 0.253 e. The SMILES string of the molecule is O=C(CCCc1ccccc1)N1CCN(C(=O)c2ccc(-n3cccc3)cc2)CC1. The van der Waals surface area contributed by atoms with Gasteiger partial charge in [-0.2, -0.15) is 0 Å². The average molecular weight is 402 g/mol. The first-order valence-electron chi connectivity index (χ1n) is 10.5. The predicted octanol–water partition coefficient (Wildman–Crippen LogP) is 3.78. The first-order chi connectivity index (χ1) is 14.7. The van der Waals surface area contributed by atoms with Crippen LogP contribution < -0.4 is 0 Å². The van der Waals surface area contributed by atoms with Crippen LogP contribution in [0.25, 0.3) is 5.69 Å². The molecule has 3 aromatic rings. The Morgan fingerprint density at radius 1 is 0.733 bits per heavy atom. The van der Waals surface area contributed by atoms with Gasteiger partial charge < -0.3 is 14.4 Å². The Morgan fingerprint density at radius 2 is 1.37 bits per heavy atom. The van der Waals surface area contributed by atoms with Crippen LogP contribution in [0.5, 0.6) is 0 Å². The quantitative estimate of drug-likeness (QED) is 0.631. The van der Waals surface area contributed by atoms with Gasteiger partial charge in [-0.1, -0.05) is 30.3 Å². The number of carbonyl (C=O) groups excluding carboxylic acids is 2. The summed E-state index contributed by atoms with van der Waals surface area (Å²) in [6, 6.07) is 21.9. The molecule has 2 amide bonds. The third-order valence-electron chi connectivity index (χ3n) is 5.64. The molecule has 30 heavy (non-hydrogen) atoms. The molecule has 1 aliphatic heterocycles. The van der Waals surface area contributed by atoms with Crippen molar-refractivity contribution < 1.29 is 9.59 Å². The Bertz CT molecular complexity index is 957. The molecule has 2 heterocycles. The van der Waals surface area contributed by atoms with Crippen LogP contribution in [0.3, 0.4) is 0 Å². The fourth-order valence-electron chi connectivity index (χ4n) is 3.87. The van der Waals surface area contributed by atoms with Gasteiger partial charge in [0.25, 0.3) is 5.91 Å². The van der Waals surface area contributed by atoms with Gasteiger partial charge in [0, 0.05) is 56.2 Å². The van der Waals surface area contributed by atoms with E-state index in [1.54, 1.807) is 0 Å². The number of piperazine rings is 1. The second-order valence-electron chi connectivity index (χ2n) is 7.65. The second kappa shape index (κ2) is 9.44. The van der Waals surface area contributed by atoms with Crippen molar-refractivity contribution in [1.29, 1.82) is 0 Å². The Kier molecular flexibility index (Phi) is 6.28. The van der Waals surface area contributed by atoms with Gasteiger partial charge >= 0.3 is 0 Å². The van der Waals surface area contributed by atoms with Gasteiger partial charge in [-0.15, -0.1) is 0 Å². The summed E-state index contributed by atoms with van der Waals surface area (Å²) < 4.78 is 2.01. The molecule has 2 aromatic carbocycles. The zero-order valence-electron chi connectivity index (χ0n) is 17.1. The molecule has 1 fully saturated rings. The van der Waals surface area contributed by atoms with Gasteiger partial charge in [0.15, 0.2) is 0 Å². The van der Waals surface area contributed by atoms with Crippen LogP contribution in [0.1, 0.15) is 28.8 Å². The molecule has 1 saturated heterocycles. The predicted molar refractivity (Wildman–Crippen MR) is 118 cm³/mol. The lowest BCUT2D eigenvalue weighted by molar-refractivity contribution is -0.132. The molecule has 4 rings (SSSR count). The minimum absolute atomic E-state index is 0.0326. The molecule has 0 bridgehead atoms. The summed E-state index contributed by atoms with van der Waals surface area (Å²) in [5.41, 5.74) is 2.99. The minimum atomic E-state index is 0.0326. The molecule has 5 nitrogen and oxygen atoms in total. The first kappa shape index (κ1) is 20.0. The molecule has 0 unspecified atom stereocenters. The highest BCUT2D eigenvalue weighted by atomic mass is 16.2. The fraction of sp³-hybridized carbons (Fsp3) is 0.280. The summed E-state index contributed by atoms with van der Waals surface area (Å²) in [6.07, 6.45) is 6.29. The van der Waals surface area contributed by atoms with Crippen molar-refractivity contribution in [3.63, 3.8) is 0 Å². The van der Waals surface area contributed by atoms with E-state index in [0.29, 0.717) is 38.2 Å². The summed E-state index contributed by atoms with van der Waals surface area (Å²) in [6.45, 7) is 2.39. The van der Waals surface area contributed by atoms with E-state index < -0.39 is 0 Å². The second-order valence-corrected chi connectivity index (χ2v) is 7.65. The number of benzene rings is 2. The maximum atomic E-state index is 12.8. The number of hydrogen-bond donors (Lipinski definition) is 0. The van der Waals surface area contributed by atoms with Crippen LogP contribution >= 0.6 is 0 Å². The molecular formula is C25H27N3O2. The fourth-order valence-corrected chi connectivity index (χ4v) is 3.87. The molecule has 0 radical (unpaired) electrons. The number of carbonyl (C=O) groups is 2. The van der Waals surface area contributed by atoms with E-state index in [9.17, 15) is 9.59 Å². The summed E-state index contributed by atoms with van der Waals surface area (Å²) in [5.74, 6) is 0.222. The van der Waals surface area contributed by atoms with E-state index in [4.69, 9.17) is 0 Å². The standard InChI is InChI=1S/C25H27N3O2/c29-24(10-6-9-21-7-2-1-3-8-21)27-17-19-28(20-18-27)25(30)22-11-13-23(14-12-22)26-15-4-5-16-26/h1-5,7-8,11-16H,6,9-10,17-20H2. The summed E-state index contributed by atoms with van der Waals surface area (Å²) in [7, 11) is 0. The molecule has 0 aliphatic carbocycles. The maximum Gasteiger partial charge on any atom is 0.253 e. The Balaban J connectivity index is 1.24. The van der Waals surface area contributed by atoms with Gasteiger partial charge in [-0.25, -0.2) is 0 Å². The van der Waals surface area contributed by atoms with Crippen LogP contribution in [-0.4, -0.2) is 52.4 Å². The average Bonchev–Trinajstić information content (AvgIpc) is 3.34. The number of rotatable bonds is 6. The van der Waals surface area contributed by atoms with Crippen molar-refractivity contribution in [2.45, 2.75) is 19.3 Å². The number of hydrogen-bond acceptors (Lipinski definition) is 2. The van der Waals surface area contributed by atoms with E-state index in [1.165, 1.54) is 5.56 Å². The van der Waals surface area contributed by atoms with E-state index in [0.717, 1.165) is 18.5 Å². The highest BCUT2D eigenvalue weighted by Gasteiger charge is 2.24. The molecule has 1 aliphatic rings.